The first-order valence-corrected chi connectivity index (χ1v) is 3.40. The number of aliphatic hydroxyl groups is 3. The number of hydrogen-bond donors (Lipinski definition) is 4. The van der Waals surface area contributed by atoms with Crippen LogP contribution in [-0.2, 0) is 0 Å². The molecule has 10 heavy (non-hydrogen) atoms. The summed E-state index contributed by atoms with van der Waals surface area (Å²) in [7, 11) is 0. The van der Waals surface area contributed by atoms with Crippen LogP contribution in [0.2, 0.25) is 0 Å². The van der Waals surface area contributed by atoms with E-state index in [1.807, 2.05) is 0 Å². The Labute approximate surface area is 59.5 Å². The Balaban J connectivity index is 2.49. The van der Waals surface area contributed by atoms with E-state index in [0.29, 0.717) is 6.54 Å². The van der Waals surface area contributed by atoms with E-state index in [1.54, 1.807) is 6.92 Å². The zero-order valence-corrected chi connectivity index (χ0v) is 5.86. The quantitative estimate of drug-likeness (QED) is 0.348. The molecule has 0 amide bonds. The summed E-state index contributed by atoms with van der Waals surface area (Å²) < 4.78 is 0. The van der Waals surface area contributed by atoms with Crippen molar-refractivity contribution in [1.29, 1.82) is 0 Å². The number of aliphatic hydroxyl groups excluding tert-OH is 3. The Hall–Kier alpha value is -0.160. The molecule has 4 atom stereocenters. The highest BCUT2D eigenvalue weighted by molar-refractivity contribution is 4.92. The van der Waals surface area contributed by atoms with Crippen LogP contribution in [-0.4, -0.2) is 46.2 Å². The summed E-state index contributed by atoms with van der Waals surface area (Å²) in [5.74, 6) is 0. The fraction of sp³-hybridized carbons (Fsp3) is 1.00. The van der Waals surface area contributed by atoms with E-state index >= 15 is 0 Å². The van der Waals surface area contributed by atoms with Gasteiger partial charge in [-0.1, -0.05) is 0 Å². The molecule has 0 aliphatic carbocycles. The maximum absolute atomic E-state index is 9.16. The van der Waals surface area contributed by atoms with E-state index in [1.165, 1.54) is 0 Å². The fourth-order valence-electron chi connectivity index (χ4n) is 1.19. The van der Waals surface area contributed by atoms with Gasteiger partial charge in [-0.3, -0.25) is 0 Å². The van der Waals surface area contributed by atoms with E-state index in [4.69, 9.17) is 15.3 Å². The predicted molar refractivity (Wildman–Crippen MR) is 35.5 cm³/mol. The second kappa shape index (κ2) is 2.84. The highest BCUT2D eigenvalue weighted by Gasteiger charge is 2.35. The maximum atomic E-state index is 9.16. The summed E-state index contributed by atoms with van der Waals surface area (Å²) in [4.78, 5) is 0. The molecule has 1 aliphatic heterocycles. The molecule has 0 aromatic carbocycles. The highest BCUT2D eigenvalue weighted by atomic mass is 16.3. The molecule has 0 bridgehead atoms. The van der Waals surface area contributed by atoms with Crippen molar-refractivity contribution in [3.63, 3.8) is 0 Å². The SMILES string of the molecule is C[C@@H](O)[C@H]1NC[C@@H](O)[C@H]1O. The van der Waals surface area contributed by atoms with Crippen molar-refractivity contribution < 1.29 is 15.3 Å². The summed E-state index contributed by atoms with van der Waals surface area (Å²) in [6.45, 7) is 1.94. The van der Waals surface area contributed by atoms with E-state index in [0.717, 1.165) is 0 Å². The number of nitrogens with one attached hydrogen (secondary N) is 1. The Morgan fingerprint density at radius 2 is 2.10 bits per heavy atom. The second-order valence-corrected chi connectivity index (χ2v) is 2.73. The van der Waals surface area contributed by atoms with Crippen LogP contribution in [0.25, 0.3) is 0 Å². The molecular formula is C6H13NO3. The van der Waals surface area contributed by atoms with Gasteiger partial charge < -0.3 is 20.6 Å². The Morgan fingerprint density at radius 3 is 2.30 bits per heavy atom. The van der Waals surface area contributed by atoms with Gasteiger partial charge in [-0.25, -0.2) is 0 Å². The van der Waals surface area contributed by atoms with Crippen LogP contribution in [0.3, 0.4) is 0 Å². The molecule has 0 saturated carbocycles. The Kier molecular flexibility index (Phi) is 2.25. The third kappa shape index (κ3) is 1.29. The topological polar surface area (TPSA) is 72.7 Å². The van der Waals surface area contributed by atoms with Crippen LogP contribution in [0.15, 0.2) is 0 Å². The number of hydrogen-bond acceptors (Lipinski definition) is 4. The van der Waals surface area contributed by atoms with Gasteiger partial charge in [0.25, 0.3) is 0 Å². The smallest absolute Gasteiger partial charge is 0.0989 e. The van der Waals surface area contributed by atoms with Crippen LogP contribution in [0, 0.1) is 0 Å². The molecular weight excluding hydrogens is 134 g/mol. The van der Waals surface area contributed by atoms with Crippen molar-refractivity contribution >= 4 is 0 Å². The first kappa shape index (κ1) is 7.94. The fourth-order valence-corrected chi connectivity index (χ4v) is 1.19. The molecule has 1 saturated heterocycles. The van der Waals surface area contributed by atoms with Gasteiger partial charge >= 0.3 is 0 Å². The number of rotatable bonds is 1. The van der Waals surface area contributed by atoms with Crippen molar-refractivity contribution in [2.24, 2.45) is 0 Å². The highest BCUT2D eigenvalue weighted by Crippen LogP contribution is 2.10. The minimum Gasteiger partial charge on any atom is -0.392 e. The molecule has 0 aromatic rings. The third-order valence-corrected chi connectivity index (χ3v) is 1.84. The second-order valence-electron chi connectivity index (χ2n) is 2.73. The third-order valence-electron chi connectivity index (χ3n) is 1.84. The minimum absolute atomic E-state index is 0.358. The van der Waals surface area contributed by atoms with Crippen molar-refractivity contribution in [2.45, 2.75) is 31.3 Å². The van der Waals surface area contributed by atoms with Gasteiger partial charge in [0.1, 0.15) is 0 Å². The van der Waals surface area contributed by atoms with E-state index in [9.17, 15) is 0 Å². The summed E-state index contributed by atoms with van der Waals surface area (Å²) in [6.07, 6.45) is -2.19. The molecule has 60 valence electrons. The molecule has 4 N–H and O–H groups in total. The van der Waals surface area contributed by atoms with Crippen molar-refractivity contribution in [3.8, 4) is 0 Å². The first-order chi connectivity index (χ1) is 4.63. The van der Waals surface area contributed by atoms with E-state index in [-0.39, 0.29) is 6.04 Å². The zero-order chi connectivity index (χ0) is 7.72. The van der Waals surface area contributed by atoms with Gasteiger partial charge in [0, 0.05) is 6.54 Å². The molecule has 1 heterocycles. The van der Waals surface area contributed by atoms with Crippen molar-refractivity contribution in [2.75, 3.05) is 6.54 Å². The molecule has 4 heteroatoms. The molecule has 1 rings (SSSR count). The first-order valence-electron chi connectivity index (χ1n) is 3.40. The lowest BCUT2D eigenvalue weighted by atomic mass is 10.1. The monoisotopic (exact) mass is 147 g/mol. The minimum atomic E-state index is -0.833. The molecule has 1 aliphatic rings. The molecule has 4 nitrogen and oxygen atoms in total. The lowest BCUT2D eigenvalue weighted by Crippen LogP contribution is -2.41. The molecule has 0 spiro atoms. The van der Waals surface area contributed by atoms with E-state index < -0.39 is 18.3 Å². The van der Waals surface area contributed by atoms with Crippen LogP contribution >= 0.6 is 0 Å². The Morgan fingerprint density at radius 1 is 1.50 bits per heavy atom. The van der Waals surface area contributed by atoms with Crippen LogP contribution < -0.4 is 5.32 Å². The zero-order valence-electron chi connectivity index (χ0n) is 5.86. The number of β-amino-alcohol motifs (C(OH)–C–C–N with tert-alkyl or cyclic N) is 1. The molecule has 0 radical (unpaired) electrons. The lowest BCUT2D eigenvalue weighted by molar-refractivity contribution is 0.0114. The summed E-state index contributed by atoms with van der Waals surface area (Å²) in [5.41, 5.74) is 0. The Bertz CT molecular complexity index is 118. The van der Waals surface area contributed by atoms with Gasteiger partial charge in [-0.15, -0.1) is 0 Å². The van der Waals surface area contributed by atoms with Crippen molar-refractivity contribution in [1.82, 2.24) is 5.32 Å². The average Bonchev–Trinajstić information content (AvgIpc) is 2.14. The summed E-state index contributed by atoms with van der Waals surface area (Å²) in [6, 6.07) is -0.380. The molecule has 0 unspecified atom stereocenters. The van der Waals surface area contributed by atoms with Crippen molar-refractivity contribution in [3.05, 3.63) is 0 Å². The van der Waals surface area contributed by atoms with Crippen LogP contribution in [0.1, 0.15) is 6.92 Å². The van der Waals surface area contributed by atoms with Crippen LogP contribution in [0.4, 0.5) is 0 Å². The molecule has 0 aromatic heterocycles. The largest absolute Gasteiger partial charge is 0.392 e. The van der Waals surface area contributed by atoms with Gasteiger partial charge in [-0.05, 0) is 6.92 Å². The molecule has 1 fully saturated rings. The standard InChI is InChI=1S/C6H13NO3/c1-3(8)5-6(10)4(9)2-7-5/h3-10H,2H2,1H3/t3-,4-,5-,6-/m1/s1. The lowest BCUT2D eigenvalue weighted by Gasteiger charge is -2.18. The summed E-state index contributed by atoms with van der Waals surface area (Å²) in [5, 5.41) is 30.0. The van der Waals surface area contributed by atoms with Gasteiger partial charge in [0.05, 0.1) is 24.4 Å². The summed E-state index contributed by atoms with van der Waals surface area (Å²) >= 11 is 0. The predicted octanol–water partition coefficient (Wildman–Crippen LogP) is -1.94. The van der Waals surface area contributed by atoms with Crippen LogP contribution in [0.5, 0.6) is 0 Å². The van der Waals surface area contributed by atoms with E-state index in [2.05, 4.69) is 5.32 Å². The van der Waals surface area contributed by atoms with Gasteiger partial charge in [-0.2, -0.15) is 0 Å². The average molecular weight is 147 g/mol. The normalized spacial score (nSPS) is 43.8. The van der Waals surface area contributed by atoms with Gasteiger partial charge in [0.15, 0.2) is 0 Å². The van der Waals surface area contributed by atoms with Gasteiger partial charge in [0.2, 0.25) is 0 Å². The maximum Gasteiger partial charge on any atom is 0.0989 e.